The number of imide groups is 1. The summed E-state index contributed by atoms with van der Waals surface area (Å²) in [5, 5.41) is 4.99. The summed E-state index contributed by atoms with van der Waals surface area (Å²) in [7, 11) is 0. The molecule has 0 radical (unpaired) electrons. The molecule has 1 aliphatic heterocycles. The van der Waals surface area contributed by atoms with Crippen LogP contribution in [0, 0.1) is 0 Å². The van der Waals surface area contributed by atoms with Crippen LogP contribution in [0.4, 0.5) is 4.79 Å². The molecular weight excluding hydrogens is 432 g/mol. The summed E-state index contributed by atoms with van der Waals surface area (Å²) in [6, 6.07) is 15.5. The highest BCUT2D eigenvalue weighted by atomic mass is 32.2. The number of aromatic amines is 1. The fourth-order valence-electron chi connectivity index (χ4n) is 3.26. The first kappa shape index (κ1) is 21.3. The van der Waals surface area contributed by atoms with E-state index in [0.29, 0.717) is 4.91 Å². The number of amides is 3. The smallest absolute Gasteiger partial charge is 0.293 e. The average molecular weight is 450 g/mol. The topological polar surface area (TPSA) is 121 Å². The third kappa shape index (κ3) is 4.40. The normalized spacial score (nSPS) is 15.0. The van der Waals surface area contributed by atoms with Crippen molar-refractivity contribution in [2.45, 2.75) is 6.54 Å². The van der Waals surface area contributed by atoms with Crippen molar-refractivity contribution in [2.75, 3.05) is 13.1 Å². The van der Waals surface area contributed by atoms with E-state index < -0.39 is 34.7 Å². The number of rotatable bonds is 6. The van der Waals surface area contributed by atoms with E-state index in [0.717, 1.165) is 26.9 Å². The van der Waals surface area contributed by atoms with Gasteiger partial charge in [-0.2, -0.15) is 0 Å². The molecule has 1 fully saturated rings. The molecule has 0 bridgehead atoms. The predicted octanol–water partition coefficient (Wildman–Crippen LogP) is 1.54. The van der Waals surface area contributed by atoms with Crippen LogP contribution in [0.5, 0.6) is 0 Å². The van der Waals surface area contributed by atoms with Crippen molar-refractivity contribution in [3.63, 3.8) is 0 Å². The standard InChI is InChI=1S/C22H18N4O5S/c27-18(13-26-20(29)16-9-5-4-8-15(16)19(28)24-26)23-10-11-25-21(30)17(32-22(25)31)12-14-6-2-1-3-7-14/h1-9,12H,10-11,13H2,(H,23,27)(H,24,28)/b17-12+. The SMILES string of the molecule is O=C(Cn1[nH]c(=O)c2ccccc2c1=O)NCCN1C(=O)S/C(=C/c2ccccc2)C1=O. The van der Waals surface area contributed by atoms with E-state index in [-0.39, 0.29) is 23.9 Å². The Kier molecular flexibility index (Phi) is 6.04. The molecule has 162 valence electrons. The number of nitrogens with zero attached hydrogens (tertiary/aromatic N) is 2. The maximum atomic E-state index is 12.5. The number of carbonyl (C=O) groups is 3. The zero-order valence-electron chi connectivity index (χ0n) is 16.7. The largest absolute Gasteiger partial charge is 0.353 e. The van der Waals surface area contributed by atoms with Crippen molar-refractivity contribution in [1.29, 1.82) is 0 Å². The number of thioether (sulfide) groups is 1. The van der Waals surface area contributed by atoms with Crippen LogP contribution in [0.3, 0.4) is 0 Å². The molecule has 4 rings (SSSR count). The molecule has 9 nitrogen and oxygen atoms in total. The van der Waals surface area contributed by atoms with Crippen molar-refractivity contribution in [1.82, 2.24) is 20.0 Å². The Labute approximate surface area is 185 Å². The van der Waals surface area contributed by atoms with Gasteiger partial charge in [0.1, 0.15) is 6.54 Å². The lowest BCUT2D eigenvalue weighted by atomic mass is 10.2. The summed E-state index contributed by atoms with van der Waals surface area (Å²) >= 11 is 0.843. The van der Waals surface area contributed by atoms with Gasteiger partial charge in [-0.1, -0.05) is 42.5 Å². The van der Waals surface area contributed by atoms with Gasteiger partial charge in [-0.25, -0.2) is 4.68 Å². The van der Waals surface area contributed by atoms with Crippen LogP contribution in [0.2, 0.25) is 0 Å². The highest BCUT2D eigenvalue weighted by Gasteiger charge is 2.34. The minimum atomic E-state index is -0.537. The van der Waals surface area contributed by atoms with Crippen molar-refractivity contribution >= 4 is 45.7 Å². The first-order valence-electron chi connectivity index (χ1n) is 9.73. The second-order valence-electron chi connectivity index (χ2n) is 6.97. The van der Waals surface area contributed by atoms with Gasteiger partial charge in [-0.15, -0.1) is 0 Å². The Balaban J connectivity index is 1.37. The first-order valence-corrected chi connectivity index (χ1v) is 10.5. The maximum Gasteiger partial charge on any atom is 0.293 e. The van der Waals surface area contributed by atoms with E-state index in [4.69, 9.17) is 0 Å². The molecule has 0 spiro atoms. The molecule has 0 atom stereocenters. The summed E-state index contributed by atoms with van der Waals surface area (Å²) in [6.07, 6.45) is 1.64. The highest BCUT2D eigenvalue weighted by Crippen LogP contribution is 2.31. The second kappa shape index (κ2) is 9.06. The van der Waals surface area contributed by atoms with Crippen LogP contribution in [-0.4, -0.2) is 44.8 Å². The van der Waals surface area contributed by atoms with Gasteiger partial charge < -0.3 is 5.32 Å². The maximum absolute atomic E-state index is 12.5. The molecule has 10 heteroatoms. The Hall–Kier alpha value is -3.92. The number of hydrogen-bond acceptors (Lipinski definition) is 6. The summed E-state index contributed by atoms with van der Waals surface area (Å²) in [5.74, 6) is -0.960. The van der Waals surface area contributed by atoms with E-state index in [2.05, 4.69) is 10.4 Å². The van der Waals surface area contributed by atoms with E-state index in [9.17, 15) is 24.0 Å². The molecular formula is C22H18N4O5S. The molecule has 3 amide bonds. The molecule has 1 aliphatic rings. The lowest BCUT2D eigenvalue weighted by Gasteiger charge is -2.13. The first-order chi connectivity index (χ1) is 15.4. The molecule has 1 saturated heterocycles. The zero-order valence-corrected chi connectivity index (χ0v) is 17.6. The van der Waals surface area contributed by atoms with E-state index in [1.165, 1.54) is 12.1 Å². The molecule has 2 aromatic carbocycles. The molecule has 0 unspecified atom stereocenters. The second-order valence-corrected chi connectivity index (χ2v) is 7.96. The molecule has 32 heavy (non-hydrogen) atoms. The van der Waals surface area contributed by atoms with E-state index in [1.807, 2.05) is 30.3 Å². The monoisotopic (exact) mass is 450 g/mol. The number of nitrogens with one attached hydrogen (secondary N) is 2. The van der Waals surface area contributed by atoms with Crippen molar-refractivity contribution in [3.05, 3.63) is 85.8 Å². The molecule has 3 aromatic rings. The third-order valence-electron chi connectivity index (χ3n) is 4.81. The Morgan fingerprint density at radius 1 is 0.969 bits per heavy atom. The molecule has 2 N–H and O–H groups in total. The van der Waals surface area contributed by atoms with Crippen molar-refractivity contribution in [2.24, 2.45) is 0 Å². The fraction of sp³-hybridized carbons (Fsp3) is 0.136. The number of aromatic nitrogens is 2. The van der Waals surface area contributed by atoms with Gasteiger partial charge in [-0.05, 0) is 35.5 Å². The van der Waals surface area contributed by atoms with Crippen LogP contribution in [-0.2, 0) is 16.1 Å². The third-order valence-corrected chi connectivity index (χ3v) is 5.72. The molecule has 2 heterocycles. The summed E-state index contributed by atoms with van der Waals surface area (Å²) in [4.78, 5) is 62.9. The van der Waals surface area contributed by atoms with Crippen LogP contribution in [0.25, 0.3) is 16.8 Å². The van der Waals surface area contributed by atoms with Crippen LogP contribution >= 0.6 is 11.8 Å². The minimum Gasteiger partial charge on any atom is -0.353 e. The van der Waals surface area contributed by atoms with Gasteiger partial charge in [0.25, 0.3) is 22.3 Å². The number of carbonyl (C=O) groups excluding carboxylic acids is 3. The van der Waals surface area contributed by atoms with Gasteiger partial charge in [0, 0.05) is 13.1 Å². The number of hydrogen-bond donors (Lipinski definition) is 2. The van der Waals surface area contributed by atoms with Crippen LogP contribution < -0.4 is 16.4 Å². The Bertz CT molecular complexity index is 1360. The number of fused-ring (bicyclic) bond motifs is 1. The quantitative estimate of drug-likeness (QED) is 0.550. The van der Waals surface area contributed by atoms with Gasteiger partial charge in [0.15, 0.2) is 0 Å². The average Bonchev–Trinajstić information content (AvgIpc) is 3.05. The zero-order chi connectivity index (χ0) is 22.7. The summed E-state index contributed by atoms with van der Waals surface area (Å²) in [6.45, 7) is -0.386. The molecule has 1 aromatic heterocycles. The predicted molar refractivity (Wildman–Crippen MR) is 121 cm³/mol. The van der Waals surface area contributed by atoms with Gasteiger partial charge in [0.05, 0.1) is 15.7 Å². The number of benzene rings is 2. The molecule has 0 saturated carbocycles. The van der Waals surface area contributed by atoms with Crippen LogP contribution in [0.15, 0.2) is 69.1 Å². The molecule has 0 aliphatic carbocycles. The van der Waals surface area contributed by atoms with Gasteiger partial charge in [-0.3, -0.25) is 34.0 Å². The Morgan fingerprint density at radius 2 is 1.66 bits per heavy atom. The fourth-order valence-corrected chi connectivity index (χ4v) is 4.12. The van der Waals surface area contributed by atoms with Crippen LogP contribution in [0.1, 0.15) is 5.56 Å². The highest BCUT2D eigenvalue weighted by molar-refractivity contribution is 8.18. The summed E-state index contributed by atoms with van der Waals surface area (Å²) in [5.41, 5.74) is -0.163. The van der Waals surface area contributed by atoms with Crippen molar-refractivity contribution in [3.8, 4) is 0 Å². The van der Waals surface area contributed by atoms with E-state index in [1.54, 1.807) is 18.2 Å². The van der Waals surface area contributed by atoms with Gasteiger partial charge >= 0.3 is 0 Å². The summed E-state index contributed by atoms with van der Waals surface area (Å²) < 4.78 is 0.933. The minimum absolute atomic E-state index is 0.00826. The lowest BCUT2D eigenvalue weighted by Crippen LogP contribution is -2.40. The van der Waals surface area contributed by atoms with E-state index >= 15 is 0 Å². The Morgan fingerprint density at radius 3 is 2.41 bits per heavy atom. The lowest BCUT2D eigenvalue weighted by molar-refractivity contribution is -0.124. The van der Waals surface area contributed by atoms with Gasteiger partial charge in [0.2, 0.25) is 5.91 Å². The number of H-pyrrole nitrogens is 1. The van der Waals surface area contributed by atoms with Crippen molar-refractivity contribution < 1.29 is 14.4 Å².